The van der Waals surface area contributed by atoms with Crippen LogP contribution in [0.1, 0.15) is 62.0 Å². The summed E-state index contributed by atoms with van der Waals surface area (Å²) in [6, 6.07) is 7.98. The predicted octanol–water partition coefficient (Wildman–Crippen LogP) is 7.29. The van der Waals surface area contributed by atoms with Gasteiger partial charge in [0.25, 0.3) is 0 Å². The molecule has 0 aliphatic carbocycles. The highest BCUT2D eigenvalue weighted by molar-refractivity contribution is 5.88. The molecule has 1 saturated heterocycles. The number of hydrogen-bond acceptors (Lipinski definition) is 2. The van der Waals surface area contributed by atoms with Crippen LogP contribution in [0.5, 0.6) is 0 Å². The van der Waals surface area contributed by atoms with E-state index in [4.69, 9.17) is 0 Å². The number of rotatable bonds is 7. The smallest absolute Gasteiger partial charge is 0.131 e. The molecule has 174 valence electrons. The number of aromatic nitrogens is 2. The highest BCUT2D eigenvalue weighted by Gasteiger charge is 2.17. The van der Waals surface area contributed by atoms with Gasteiger partial charge in [0, 0.05) is 39.1 Å². The fourth-order valence-electron chi connectivity index (χ4n) is 4.88. The summed E-state index contributed by atoms with van der Waals surface area (Å²) in [7, 11) is 0. The highest BCUT2D eigenvalue weighted by atomic mass is 19.1. The van der Waals surface area contributed by atoms with Gasteiger partial charge >= 0.3 is 0 Å². The lowest BCUT2D eigenvalue weighted by Crippen LogP contribution is -2.28. The van der Waals surface area contributed by atoms with Crippen molar-refractivity contribution in [2.75, 3.05) is 13.1 Å². The number of aryl methyl sites for hydroxylation is 2. The van der Waals surface area contributed by atoms with Gasteiger partial charge in [0.05, 0.1) is 0 Å². The molecule has 0 spiro atoms. The molecule has 1 aliphatic heterocycles. The summed E-state index contributed by atoms with van der Waals surface area (Å²) in [5.74, 6) is 0.380. The Morgan fingerprint density at radius 1 is 1.12 bits per heavy atom. The van der Waals surface area contributed by atoms with Crippen molar-refractivity contribution in [1.29, 1.82) is 0 Å². The number of aromatic amines is 1. The first-order valence-electron chi connectivity index (χ1n) is 12.3. The second-order valence-electron chi connectivity index (χ2n) is 9.40. The molecule has 1 aliphatic rings. The van der Waals surface area contributed by atoms with Gasteiger partial charge in [0.1, 0.15) is 5.82 Å². The van der Waals surface area contributed by atoms with Crippen LogP contribution in [0.3, 0.4) is 0 Å². The van der Waals surface area contributed by atoms with E-state index in [0.29, 0.717) is 5.92 Å². The molecule has 3 heterocycles. The van der Waals surface area contributed by atoms with Gasteiger partial charge in [-0.15, -0.1) is 0 Å². The van der Waals surface area contributed by atoms with Crippen LogP contribution >= 0.6 is 0 Å². The first-order valence-corrected chi connectivity index (χ1v) is 12.3. The Balaban J connectivity index is 1.75. The molecule has 0 amide bonds. The Bertz CT molecular complexity index is 1180. The maximum atomic E-state index is 15.6. The maximum Gasteiger partial charge on any atom is 0.131 e. The van der Waals surface area contributed by atoms with E-state index < -0.39 is 0 Å². The number of hydrogen-bond donors (Lipinski definition) is 2. The van der Waals surface area contributed by atoms with Crippen molar-refractivity contribution < 1.29 is 4.39 Å². The second-order valence-corrected chi connectivity index (χ2v) is 9.40. The van der Waals surface area contributed by atoms with E-state index in [9.17, 15) is 0 Å². The second kappa shape index (κ2) is 10.5. The van der Waals surface area contributed by atoms with Gasteiger partial charge in [-0.25, -0.2) is 4.39 Å². The van der Waals surface area contributed by atoms with E-state index in [1.165, 1.54) is 5.57 Å². The topological polar surface area (TPSA) is 40.7 Å². The van der Waals surface area contributed by atoms with Gasteiger partial charge in [0.15, 0.2) is 0 Å². The van der Waals surface area contributed by atoms with Crippen LogP contribution in [-0.2, 0) is 6.42 Å². The van der Waals surface area contributed by atoms with Crippen LogP contribution in [0.2, 0.25) is 0 Å². The molecule has 2 N–H and O–H groups in total. The Kier molecular flexibility index (Phi) is 7.44. The van der Waals surface area contributed by atoms with Crippen LogP contribution in [-0.4, -0.2) is 23.1 Å². The van der Waals surface area contributed by atoms with Crippen LogP contribution in [0.25, 0.3) is 28.2 Å². The highest BCUT2D eigenvalue weighted by Crippen LogP contribution is 2.32. The summed E-state index contributed by atoms with van der Waals surface area (Å²) in [6.45, 7) is 10.4. The summed E-state index contributed by atoms with van der Waals surface area (Å²) >= 11 is 0. The van der Waals surface area contributed by atoms with Gasteiger partial charge < -0.3 is 10.3 Å². The number of nitrogens with one attached hydrogen (secondary N) is 2. The van der Waals surface area contributed by atoms with Crippen molar-refractivity contribution >= 4 is 17.0 Å². The number of allylic oxidation sites excluding steroid dienone is 3. The predicted molar refractivity (Wildman–Crippen MR) is 138 cm³/mol. The van der Waals surface area contributed by atoms with Crippen LogP contribution < -0.4 is 5.32 Å². The largest absolute Gasteiger partial charge is 0.354 e. The third kappa shape index (κ3) is 5.44. The number of piperidine rings is 1. The average Bonchev–Trinajstić information content (AvgIpc) is 3.23. The summed E-state index contributed by atoms with van der Waals surface area (Å²) in [6.07, 6.45) is 11.6. The van der Waals surface area contributed by atoms with Crippen LogP contribution in [0.15, 0.2) is 42.0 Å². The fraction of sp³-hybridized carbons (Fsp3) is 0.414. The molecule has 3 nitrogen and oxygen atoms in total. The zero-order chi connectivity index (χ0) is 23.4. The van der Waals surface area contributed by atoms with Gasteiger partial charge in [-0.2, -0.15) is 0 Å². The number of benzene rings is 1. The zero-order valence-electron chi connectivity index (χ0n) is 20.4. The van der Waals surface area contributed by atoms with E-state index in [2.05, 4.69) is 65.6 Å². The minimum atomic E-state index is -0.149. The van der Waals surface area contributed by atoms with Crippen molar-refractivity contribution in [3.8, 4) is 11.3 Å². The molecular formula is C29H36FN3. The number of pyridine rings is 1. The van der Waals surface area contributed by atoms with Gasteiger partial charge in [-0.1, -0.05) is 37.1 Å². The van der Waals surface area contributed by atoms with Crippen molar-refractivity contribution in [2.24, 2.45) is 5.92 Å². The lowest BCUT2D eigenvalue weighted by atomic mass is 9.88. The van der Waals surface area contributed by atoms with E-state index in [0.717, 1.165) is 89.9 Å². The molecule has 1 fully saturated rings. The average molecular weight is 446 g/mol. The molecule has 0 bridgehead atoms. The molecule has 0 radical (unpaired) electrons. The lowest BCUT2D eigenvalue weighted by molar-refractivity contribution is 0.421. The van der Waals surface area contributed by atoms with Gasteiger partial charge in [-0.3, -0.25) is 4.98 Å². The van der Waals surface area contributed by atoms with Crippen molar-refractivity contribution in [3.05, 3.63) is 70.3 Å². The lowest BCUT2D eigenvalue weighted by Gasteiger charge is -2.23. The summed E-state index contributed by atoms with van der Waals surface area (Å²) in [5.41, 5.74) is 7.90. The summed E-state index contributed by atoms with van der Waals surface area (Å²) in [5, 5.41) is 4.51. The third-order valence-electron chi connectivity index (χ3n) is 6.78. The monoisotopic (exact) mass is 445 g/mol. The molecule has 33 heavy (non-hydrogen) atoms. The standard InChI is InChI=1S/C29H36FN3/c1-5-6-7-8-9-23-16-24(28-18-25-21(4)32-20(3)15-29(25)33-28)17-27(30)26(23)14-19(2)22-10-12-31-13-11-22/h7-8,14-18,22,31,33H,5-6,9-13H2,1-4H3/b8-7?,19-14+. The number of nitrogens with zero attached hydrogens (tertiary/aromatic N) is 1. The first kappa shape index (κ1) is 23.4. The van der Waals surface area contributed by atoms with E-state index in [1.54, 1.807) is 6.07 Å². The third-order valence-corrected chi connectivity index (χ3v) is 6.78. The molecular weight excluding hydrogens is 409 g/mol. The summed E-state index contributed by atoms with van der Waals surface area (Å²) < 4.78 is 15.6. The molecule has 0 unspecified atom stereocenters. The first-order chi connectivity index (χ1) is 16.0. The number of fused-ring (bicyclic) bond motifs is 1. The van der Waals surface area contributed by atoms with Crippen molar-refractivity contribution in [3.63, 3.8) is 0 Å². The van der Waals surface area contributed by atoms with Crippen LogP contribution in [0.4, 0.5) is 4.39 Å². The van der Waals surface area contributed by atoms with Gasteiger partial charge in [0.2, 0.25) is 0 Å². The van der Waals surface area contributed by atoms with Crippen molar-refractivity contribution in [1.82, 2.24) is 15.3 Å². The Morgan fingerprint density at radius 2 is 1.91 bits per heavy atom. The van der Waals surface area contributed by atoms with E-state index >= 15 is 4.39 Å². The van der Waals surface area contributed by atoms with E-state index in [-0.39, 0.29) is 5.82 Å². The minimum absolute atomic E-state index is 0.149. The molecule has 4 rings (SSSR count). The normalized spacial score (nSPS) is 15.7. The number of H-pyrrole nitrogens is 1. The molecule has 3 aromatic rings. The van der Waals surface area contributed by atoms with E-state index in [1.807, 2.05) is 13.8 Å². The zero-order valence-corrected chi connectivity index (χ0v) is 20.4. The fourth-order valence-corrected chi connectivity index (χ4v) is 4.88. The minimum Gasteiger partial charge on any atom is -0.354 e. The molecule has 2 aromatic heterocycles. The number of unbranched alkanes of at least 4 members (excludes halogenated alkanes) is 1. The Labute approximate surface area is 197 Å². The van der Waals surface area contributed by atoms with Crippen molar-refractivity contribution in [2.45, 2.75) is 59.8 Å². The Morgan fingerprint density at radius 3 is 2.67 bits per heavy atom. The molecule has 1 aromatic carbocycles. The molecule has 0 atom stereocenters. The molecule has 0 saturated carbocycles. The Hall–Kier alpha value is -2.72. The molecule has 4 heteroatoms. The maximum absolute atomic E-state index is 15.6. The SMILES string of the molecule is CCCC=CCc1cc(-c2cc3c(C)nc(C)cc3[nH]2)cc(F)c1/C=C(\C)C1CCNCC1. The number of halogens is 1. The van der Waals surface area contributed by atoms with Crippen LogP contribution in [0, 0.1) is 25.6 Å². The van der Waals surface area contributed by atoms with Gasteiger partial charge in [-0.05, 0) is 95.3 Å². The quantitative estimate of drug-likeness (QED) is 0.375. The summed E-state index contributed by atoms with van der Waals surface area (Å²) in [4.78, 5) is 8.07.